The highest BCUT2D eigenvalue weighted by Gasteiger charge is 2.61. The standard InChI is InChI=1S/C13H21N3O10P2S/c1-15(2)6-13(7-24-28(20,21)22)10(26-27(19)29)9(23-3)11(25-13)16-5-4-8(17)14-12(16)18/h4-5,9-11H,6-7H2,1-3H3,(H3-,14,17,18,19,20,21,22,29)/p+1/t9-,10?,11+,13+/m0/s1. The Morgan fingerprint density at radius 1 is 1.45 bits per heavy atom. The first-order valence-electron chi connectivity index (χ1n) is 8.08. The van der Waals surface area contributed by atoms with Gasteiger partial charge in [0, 0.05) is 25.9 Å². The van der Waals surface area contributed by atoms with Crippen LogP contribution in [-0.4, -0.2) is 76.4 Å². The number of aromatic nitrogens is 2. The Bertz CT molecular complexity index is 901. The highest BCUT2D eigenvalue weighted by Crippen LogP contribution is 2.48. The molecule has 5 atom stereocenters. The number of rotatable bonds is 9. The molecule has 29 heavy (non-hydrogen) atoms. The second-order valence-corrected chi connectivity index (χ2v) is 9.46. The zero-order chi connectivity index (χ0) is 22.0. The Morgan fingerprint density at radius 3 is 2.59 bits per heavy atom. The summed E-state index contributed by atoms with van der Waals surface area (Å²) in [5.41, 5.74) is -3.05. The van der Waals surface area contributed by atoms with E-state index in [-0.39, 0.29) is 6.54 Å². The summed E-state index contributed by atoms with van der Waals surface area (Å²) in [5.74, 6) is 0. The highest BCUT2D eigenvalue weighted by molar-refractivity contribution is 8.39. The van der Waals surface area contributed by atoms with Crippen LogP contribution in [-0.2, 0) is 27.7 Å². The van der Waals surface area contributed by atoms with Crippen LogP contribution in [0.15, 0.2) is 21.9 Å². The molecule has 16 heteroatoms. The molecule has 0 amide bonds. The highest BCUT2D eigenvalue weighted by atomic mass is 32.7. The molecular weight excluding hydrogens is 452 g/mol. The van der Waals surface area contributed by atoms with Gasteiger partial charge in [0.25, 0.3) is 5.56 Å². The zero-order valence-electron chi connectivity index (χ0n) is 15.7. The van der Waals surface area contributed by atoms with Crippen molar-refractivity contribution in [3.63, 3.8) is 0 Å². The van der Waals surface area contributed by atoms with Gasteiger partial charge < -0.3 is 24.2 Å². The maximum Gasteiger partial charge on any atom is 0.582 e. The monoisotopic (exact) mass is 474 g/mol. The lowest BCUT2D eigenvalue weighted by molar-refractivity contribution is -0.131. The van der Waals surface area contributed by atoms with Crippen LogP contribution in [0.2, 0.25) is 0 Å². The van der Waals surface area contributed by atoms with Crippen molar-refractivity contribution in [2.75, 3.05) is 34.4 Å². The second-order valence-electron chi connectivity index (χ2n) is 6.56. The van der Waals surface area contributed by atoms with Crippen molar-refractivity contribution in [3.05, 3.63) is 33.1 Å². The van der Waals surface area contributed by atoms with Gasteiger partial charge in [-0.1, -0.05) is 0 Å². The number of likely N-dealkylation sites (N-methyl/N-ethyl adjacent to an activating group) is 1. The van der Waals surface area contributed by atoms with E-state index in [0.29, 0.717) is 0 Å². The molecule has 1 aromatic heterocycles. The van der Waals surface area contributed by atoms with Crippen LogP contribution in [0, 0.1) is 0 Å². The van der Waals surface area contributed by atoms with Gasteiger partial charge in [-0.2, -0.15) is 0 Å². The summed E-state index contributed by atoms with van der Waals surface area (Å²) in [6.45, 7) is -0.686. The lowest BCUT2D eigenvalue weighted by atomic mass is 9.95. The van der Waals surface area contributed by atoms with E-state index in [9.17, 15) is 18.7 Å². The minimum absolute atomic E-state index is 0.0108. The van der Waals surface area contributed by atoms with E-state index in [2.05, 4.69) is 21.8 Å². The summed E-state index contributed by atoms with van der Waals surface area (Å²) in [5, 5.41) is 0. The molecule has 2 unspecified atom stereocenters. The van der Waals surface area contributed by atoms with Gasteiger partial charge in [-0.25, -0.2) is 9.36 Å². The number of aromatic amines is 1. The van der Waals surface area contributed by atoms with Crippen LogP contribution in [0.25, 0.3) is 0 Å². The average Bonchev–Trinajstić information content (AvgIpc) is 2.85. The molecule has 164 valence electrons. The van der Waals surface area contributed by atoms with E-state index >= 15 is 0 Å². The van der Waals surface area contributed by atoms with E-state index < -0.39 is 56.9 Å². The lowest BCUT2D eigenvalue weighted by Crippen LogP contribution is -2.54. The van der Waals surface area contributed by atoms with Crippen molar-refractivity contribution in [1.82, 2.24) is 14.5 Å². The molecule has 2 heterocycles. The topological polar surface area (TPSA) is 170 Å². The quantitative estimate of drug-likeness (QED) is 0.268. The average molecular weight is 474 g/mol. The van der Waals surface area contributed by atoms with Crippen molar-refractivity contribution in [1.29, 1.82) is 0 Å². The van der Waals surface area contributed by atoms with Gasteiger partial charge >= 0.3 is 20.7 Å². The van der Waals surface area contributed by atoms with Gasteiger partial charge in [-0.3, -0.25) is 18.9 Å². The number of nitrogens with zero attached hydrogens (tertiary/aromatic N) is 2. The molecule has 0 saturated carbocycles. The van der Waals surface area contributed by atoms with Gasteiger partial charge in [0.1, 0.15) is 24.0 Å². The summed E-state index contributed by atoms with van der Waals surface area (Å²) in [6.07, 6.45) is -2.29. The Morgan fingerprint density at radius 2 is 2.10 bits per heavy atom. The lowest BCUT2D eigenvalue weighted by Gasteiger charge is -2.34. The molecule has 1 aliphatic rings. The Kier molecular flexibility index (Phi) is 7.96. The van der Waals surface area contributed by atoms with Crippen LogP contribution in [0.5, 0.6) is 0 Å². The number of hydrogen-bond donors (Lipinski definition) is 4. The predicted molar refractivity (Wildman–Crippen MR) is 103 cm³/mol. The summed E-state index contributed by atoms with van der Waals surface area (Å²) in [4.78, 5) is 45.6. The van der Waals surface area contributed by atoms with E-state index in [1.165, 1.54) is 13.3 Å². The van der Waals surface area contributed by atoms with E-state index in [1.807, 2.05) is 0 Å². The van der Waals surface area contributed by atoms with E-state index in [4.69, 9.17) is 23.8 Å². The summed E-state index contributed by atoms with van der Waals surface area (Å²) in [6, 6.07) is 1.09. The minimum atomic E-state index is -4.90. The number of methoxy groups -OCH3 is 1. The molecule has 0 aliphatic carbocycles. The molecule has 0 spiro atoms. The van der Waals surface area contributed by atoms with Gasteiger partial charge in [0.05, 0.1) is 6.61 Å². The van der Waals surface area contributed by atoms with E-state index in [1.54, 1.807) is 19.0 Å². The third-order valence-electron chi connectivity index (χ3n) is 4.12. The first-order valence-corrected chi connectivity index (χ1v) is 11.9. The minimum Gasteiger partial charge on any atom is -0.374 e. The first kappa shape index (κ1) is 24.4. The first-order chi connectivity index (χ1) is 13.4. The molecule has 0 aromatic carbocycles. The number of thiol groups is 1. The second kappa shape index (κ2) is 9.48. The summed E-state index contributed by atoms with van der Waals surface area (Å²) in [7, 11) is -2.80. The van der Waals surface area contributed by atoms with Crippen molar-refractivity contribution < 1.29 is 37.4 Å². The molecule has 0 radical (unpaired) electrons. The third kappa shape index (κ3) is 6.05. The van der Waals surface area contributed by atoms with Crippen molar-refractivity contribution in [2.24, 2.45) is 0 Å². The Hall–Kier alpha value is -0.920. The van der Waals surface area contributed by atoms with Crippen molar-refractivity contribution >= 4 is 27.3 Å². The molecule has 3 N–H and O–H groups in total. The number of phosphoric ester groups is 1. The van der Waals surface area contributed by atoms with Gasteiger partial charge in [-0.05, 0) is 18.7 Å². The summed E-state index contributed by atoms with van der Waals surface area (Å²) < 4.78 is 45.5. The van der Waals surface area contributed by atoms with Gasteiger partial charge in [-0.15, -0.1) is 4.52 Å². The van der Waals surface area contributed by atoms with Crippen LogP contribution < -0.4 is 11.2 Å². The van der Waals surface area contributed by atoms with Crippen molar-refractivity contribution in [2.45, 2.75) is 24.0 Å². The Labute approximate surface area is 171 Å². The molecule has 1 fully saturated rings. The predicted octanol–water partition coefficient (Wildman–Crippen LogP) is -0.538. The third-order valence-corrected chi connectivity index (χ3v) is 5.27. The number of phosphoric acid groups is 1. The molecule has 2 rings (SSSR count). The van der Waals surface area contributed by atoms with E-state index in [0.717, 1.165) is 10.6 Å². The van der Waals surface area contributed by atoms with Crippen LogP contribution in [0.1, 0.15) is 6.23 Å². The fourth-order valence-electron chi connectivity index (χ4n) is 3.18. The smallest absolute Gasteiger partial charge is 0.374 e. The number of hydrogen-bond acceptors (Lipinski definition) is 9. The largest absolute Gasteiger partial charge is 0.582 e. The normalized spacial score (nSPS) is 28.1. The van der Waals surface area contributed by atoms with Crippen LogP contribution in [0.4, 0.5) is 0 Å². The Balaban J connectivity index is 2.58. The molecule has 1 saturated heterocycles. The van der Waals surface area contributed by atoms with Crippen LogP contribution in [0.3, 0.4) is 0 Å². The summed E-state index contributed by atoms with van der Waals surface area (Å²) >= 11 is 3.75. The fraction of sp³-hybridized carbons (Fsp3) is 0.692. The number of nitrogens with one attached hydrogen (secondary N) is 1. The van der Waals surface area contributed by atoms with Crippen LogP contribution >= 0.6 is 27.3 Å². The van der Waals surface area contributed by atoms with Crippen molar-refractivity contribution in [3.8, 4) is 0 Å². The number of H-pyrrole nitrogens is 1. The molecule has 13 nitrogen and oxygen atoms in total. The maximum absolute atomic E-state index is 12.3. The molecule has 1 aromatic rings. The zero-order valence-corrected chi connectivity index (χ0v) is 18.4. The SMILES string of the molecule is CO[C@H]1C(O[P+](=O)S)[C@](COP(=O)(O)O)(CN(C)C)O[C@H]1n1ccc(=O)[nH]c1=O. The number of ether oxygens (including phenoxy) is 2. The molecule has 0 bridgehead atoms. The fourth-order valence-corrected chi connectivity index (χ4v) is 4.37. The molecular formula is C13H22N3O10P2S+. The maximum atomic E-state index is 12.3. The van der Waals surface area contributed by atoms with Gasteiger partial charge in [0.2, 0.25) is 0 Å². The molecule has 1 aliphatic heterocycles. The van der Waals surface area contributed by atoms with Gasteiger partial charge in [0.15, 0.2) is 12.3 Å².